The van der Waals surface area contributed by atoms with Crippen LogP contribution in [0.25, 0.3) is 0 Å². The van der Waals surface area contributed by atoms with E-state index in [0.717, 1.165) is 35.3 Å². The van der Waals surface area contributed by atoms with Crippen molar-refractivity contribution in [3.8, 4) is 6.07 Å². The fourth-order valence-electron chi connectivity index (χ4n) is 3.16. The smallest absolute Gasteiger partial charge is 0.241 e. The van der Waals surface area contributed by atoms with Gasteiger partial charge in [-0.15, -0.1) is 11.3 Å². The van der Waals surface area contributed by atoms with Crippen molar-refractivity contribution in [3.63, 3.8) is 0 Å². The number of nitrogens with zero attached hydrogens (tertiary/aromatic N) is 1. The van der Waals surface area contributed by atoms with Crippen molar-refractivity contribution in [2.45, 2.75) is 50.3 Å². The molecule has 1 aromatic heterocycles. The minimum atomic E-state index is -3.79. The summed E-state index contributed by atoms with van der Waals surface area (Å²) in [6.07, 6.45) is 2.79. The molecule has 28 heavy (non-hydrogen) atoms. The Hall–Kier alpha value is -2.21. The number of anilines is 1. The van der Waals surface area contributed by atoms with Crippen LogP contribution in [0.1, 0.15) is 48.8 Å². The van der Waals surface area contributed by atoms with Crippen LogP contribution in [0.15, 0.2) is 29.2 Å². The molecule has 1 aliphatic carbocycles. The van der Waals surface area contributed by atoms with Crippen molar-refractivity contribution in [3.05, 3.63) is 45.8 Å². The first-order valence-corrected chi connectivity index (χ1v) is 11.4. The van der Waals surface area contributed by atoms with E-state index in [2.05, 4.69) is 36.9 Å². The number of thiophene rings is 1. The lowest BCUT2D eigenvalue weighted by Crippen LogP contribution is -2.33. The lowest BCUT2D eigenvalue weighted by Gasteiger charge is -2.19. The third-order valence-corrected chi connectivity index (χ3v) is 7.36. The summed E-state index contributed by atoms with van der Waals surface area (Å²) in [5.41, 5.74) is 2.47. The number of amides is 1. The maximum atomic E-state index is 12.4. The van der Waals surface area contributed by atoms with Crippen LogP contribution in [0.5, 0.6) is 0 Å². The van der Waals surface area contributed by atoms with Crippen molar-refractivity contribution < 1.29 is 13.2 Å². The highest BCUT2D eigenvalue weighted by Gasteiger charge is 2.24. The van der Waals surface area contributed by atoms with Gasteiger partial charge in [-0.25, -0.2) is 13.1 Å². The van der Waals surface area contributed by atoms with Crippen molar-refractivity contribution in [2.75, 3.05) is 11.9 Å². The van der Waals surface area contributed by atoms with E-state index in [0.29, 0.717) is 10.6 Å². The van der Waals surface area contributed by atoms with Gasteiger partial charge in [0.1, 0.15) is 11.1 Å². The Kier molecular flexibility index (Phi) is 5.62. The number of nitrogens with one attached hydrogen (secondary N) is 2. The fraction of sp³-hybridized carbons (Fsp3) is 0.400. The summed E-state index contributed by atoms with van der Waals surface area (Å²) in [7, 11) is -3.79. The lowest BCUT2D eigenvalue weighted by molar-refractivity contribution is -0.115. The Balaban J connectivity index is 1.65. The minimum Gasteiger partial charge on any atom is -0.315 e. The highest BCUT2D eigenvalue weighted by Crippen LogP contribution is 2.38. The molecule has 1 aromatic carbocycles. The number of rotatable bonds is 5. The average molecular weight is 418 g/mol. The zero-order chi connectivity index (χ0) is 20.5. The van der Waals surface area contributed by atoms with E-state index in [-0.39, 0.29) is 10.3 Å². The maximum absolute atomic E-state index is 12.4. The summed E-state index contributed by atoms with van der Waals surface area (Å²) < 4.78 is 27.2. The molecule has 1 heterocycles. The molecule has 0 saturated heterocycles. The molecule has 0 saturated carbocycles. The molecule has 2 aromatic rings. The van der Waals surface area contributed by atoms with E-state index >= 15 is 0 Å². The second-order valence-corrected chi connectivity index (χ2v) is 10.7. The third-order valence-electron chi connectivity index (χ3n) is 4.74. The zero-order valence-electron chi connectivity index (χ0n) is 16.1. The monoisotopic (exact) mass is 417 g/mol. The van der Waals surface area contributed by atoms with Crippen LogP contribution in [0.2, 0.25) is 0 Å². The molecular formula is C20H23N3O3S2. The second kappa shape index (κ2) is 7.66. The molecule has 6 nitrogen and oxygen atoms in total. The first-order valence-electron chi connectivity index (χ1n) is 9.06. The highest BCUT2D eigenvalue weighted by atomic mass is 32.2. The molecule has 148 valence electrons. The number of carbonyl (C=O) groups excluding carboxylic acids is 1. The Labute approximate surface area is 169 Å². The van der Waals surface area contributed by atoms with Crippen LogP contribution in [-0.2, 0) is 33.1 Å². The molecule has 0 fully saturated rings. The van der Waals surface area contributed by atoms with E-state index in [1.165, 1.54) is 11.3 Å². The average Bonchev–Trinajstić information content (AvgIpc) is 3.20. The van der Waals surface area contributed by atoms with Gasteiger partial charge in [-0.05, 0) is 47.9 Å². The van der Waals surface area contributed by atoms with Gasteiger partial charge in [0.15, 0.2) is 0 Å². The van der Waals surface area contributed by atoms with Gasteiger partial charge in [-0.3, -0.25) is 4.79 Å². The summed E-state index contributed by atoms with van der Waals surface area (Å²) in [4.78, 5) is 13.5. The van der Waals surface area contributed by atoms with E-state index in [1.54, 1.807) is 24.3 Å². The van der Waals surface area contributed by atoms with Gasteiger partial charge < -0.3 is 5.32 Å². The largest absolute Gasteiger partial charge is 0.315 e. The van der Waals surface area contributed by atoms with Crippen molar-refractivity contribution >= 4 is 32.3 Å². The van der Waals surface area contributed by atoms with Crippen LogP contribution < -0.4 is 10.0 Å². The Morgan fingerprint density at radius 1 is 1.21 bits per heavy atom. The van der Waals surface area contributed by atoms with Gasteiger partial charge in [0.05, 0.1) is 17.0 Å². The predicted octanol–water partition coefficient (Wildman–Crippen LogP) is 3.32. The van der Waals surface area contributed by atoms with Gasteiger partial charge in [0.2, 0.25) is 15.9 Å². The standard InChI is InChI=1S/C20H23N3O3S2/c1-20(2,3)13-7-9-14(10-8-13)28(25,26)22-12-18(24)23-19-16(11-21)15-5-4-6-17(15)27-19/h7-10,22H,4-6,12H2,1-3H3,(H,23,24). The van der Waals surface area contributed by atoms with Gasteiger partial charge in [-0.1, -0.05) is 32.9 Å². The molecule has 1 aliphatic rings. The molecule has 0 bridgehead atoms. The summed E-state index contributed by atoms with van der Waals surface area (Å²) in [5.74, 6) is -0.494. The predicted molar refractivity (Wildman–Crippen MR) is 110 cm³/mol. The SMILES string of the molecule is CC(C)(C)c1ccc(S(=O)(=O)NCC(=O)Nc2sc3c(c2C#N)CCC3)cc1. The molecule has 0 radical (unpaired) electrons. The normalized spacial score (nSPS) is 13.8. The Bertz CT molecular complexity index is 1040. The van der Waals surface area contributed by atoms with E-state index < -0.39 is 22.5 Å². The highest BCUT2D eigenvalue weighted by molar-refractivity contribution is 7.89. The molecule has 0 atom stereocenters. The number of fused-ring (bicyclic) bond motifs is 1. The second-order valence-electron chi connectivity index (χ2n) is 7.82. The summed E-state index contributed by atoms with van der Waals surface area (Å²) in [6.45, 7) is 5.76. The maximum Gasteiger partial charge on any atom is 0.241 e. The molecule has 0 aliphatic heterocycles. The topological polar surface area (TPSA) is 99.1 Å². The third kappa shape index (κ3) is 4.27. The van der Waals surface area contributed by atoms with E-state index in [1.807, 2.05) is 0 Å². The van der Waals surface area contributed by atoms with Crippen LogP contribution in [0, 0.1) is 11.3 Å². The van der Waals surface area contributed by atoms with Gasteiger partial charge in [0, 0.05) is 4.88 Å². The summed E-state index contributed by atoms with van der Waals surface area (Å²) >= 11 is 1.40. The van der Waals surface area contributed by atoms with Gasteiger partial charge in [-0.2, -0.15) is 5.26 Å². The first kappa shape index (κ1) is 20.5. The zero-order valence-corrected chi connectivity index (χ0v) is 17.8. The molecular weight excluding hydrogens is 394 g/mol. The fourth-order valence-corrected chi connectivity index (χ4v) is 5.40. The quantitative estimate of drug-likeness (QED) is 0.779. The molecule has 3 rings (SSSR count). The van der Waals surface area contributed by atoms with Crippen LogP contribution >= 0.6 is 11.3 Å². The number of hydrogen-bond donors (Lipinski definition) is 2. The Morgan fingerprint density at radius 3 is 2.50 bits per heavy atom. The number of hydrogen-bond acceptors (Lipinski definition) is 5. The van der Waals surface area contributed by atoms with E-state index in [9.17, 15) is 18.5 Å². The molecule has 2 N–H and O–H groups in total. The first-order chi connectivity index (χ1) is 13.1. The Morgan fingerprint density at radius 2 is 1.89 bits per heavy atom. The molecule has 0 spiro atoms. The lowest BCUT2D eigenvalue weighted by atomic mass is 9.87. The minimum absolute atomic E-state index is 0.0744. The number of sulfonamides is 1. The number of carbonyl (C=O) groups is 1. The van der Waals surface area contributed by atoms with Crippen molar-refractivity contribution in [1.29, 1.82) is 5.26 Å². The van der Waals surface area contributed by atoms with Gasteiger partial charge >= 0.3 is 0 Å². The number of nitriles is 1. The van der Waals surface area contributed by atoms with Crippen LogP contribution in [-0.4, -0.2) is 20.9 Å². The number of benzene rings is 1. The number of aryl methyl sites for hydroxylation is 1. The van der Waals surface area contributed by atoms with Crippen LogP contribution in [0.3, 0.4) is 0 Å². The van der Waals surface area contributed by atoms with Crippen LogP contribution in [0.4, 0.5) is 5.00 Å². The molecule has 8 heteroatoms. The van der Waals surface area contributed by atoms with Crippen molar-refractivity contribution in [2.24, 2.45) is 0 Å². The van der Waals surface area contributed by atoms with E-state index in [4.69, 9.17) is 0 Å². The molecule has 1 amide bonds. The van der Waals surface area contributed by atoms with Gasteiger partial charge in [0.25, 0.3) is 0 Å². The molecule has 0 unspecified atom stereocenters. The van der Waals surface area contributed by atoms with Crippen molar-refractivity contribution in [1.82, 2.24) is 4.72 Å². The summed E-state index contributed by atoms with van der Waals surface area (Å²) in [6, 6.07) is 8.79. The summed E-state index contributed by atoms with van der Waals surface area (Å²) in [5, 5.41) is 12.5.